The van der Waals surface area contributed by atoms with Gasteiger partial charge in [-0.3, -0.25) is 14.5 Å². The lowest BCUT2D eigenvalue weighted by Gasteiger charge is -2.35. The van der Waals surface area contributed by atoms with E-state index in [0.29, 0.717) is 66.4 Å². The Balaban J connectivity index is 1.29. The summed E-state index contributed by atoms with van der Waals surface area (Å²) in [4.78, 5) is 40.5. The quantitative estimate of drug-likeness (QED) is 0.255. The van der Waals surface area contributed by atoms with E-state index in [1.165, 1.54) is 19.2 Å². The molecule has 1 N–H and O–H groups in total. The number of ether oxygens (including phenoxy) is 2. The Bertz CT molecular complexity index is 1540. The molecule has 1 amide bonds. The van der Waals surface area contributed by atoms with Crippen molar-refractivity contribution < 1.29 is 37.3 Å². The number of pyridine rings is 1. The predicted molar refractivity (Wildman–Crippen MR) is 165 cm³/mol. The fourth-order valence-corrected chi connectivity index (χ4v) is 6.02. The first-order valence-corrected chi connectivity index (χ1v) is 15.3. The van der Waals surface area contributed by atoms with E-state index < -0.39 is 24.6 Å². The molecule has 1 unspecified atom stereocenters. The normalized spacial score (nSPS) is 16.2. The summed E-state index contributed by atoms with van der Waals surface area (Å²) in [6.07, 6.45) is 0.546. The molecule has 0 bridgehead atoms. The van der Waals surface area contributed by atoms with Gasteiger partial charge in [-0.1, -0.05) is 0 Å². The number of alkyl halides is 3. The van der Waals surface area contributed by atoms with Crippen LogP contribution in [0.2, 0.25) is 0 Å². The highest BCUT2D eigenvalue weighted by Gasteiger charge is 2.37. The maximum atomic E-state index is 13.9. The number of halogens is 3. The molecule has 1 aliphatic carbocycles. The number of amides is 1. The summed E-state index contributed by atoms with van der Waals surface area (Å²) < 4.78 is 52.6. The number of aryl methyl sites for hydroxylation is 2. The van der Waals surface area contributed by atoms with Crippen molar-refractivity contribution in [3.63, 3.8) is 0 Å². The van der Waals surface area contributed by atoms with E-state index in [4.69, 9.17) is 9.47 Å². The van der Waals surface area contributed by atoms with Crippen LogP contribution in [0, 0.1) is 25.7 Å². The molecular formula is C33H38F3N5O5. The third-order valence-corrected chi connectivity index (χ3v) is 8.44. The van der Waals surface area contributed by atoms with Crippen LogP contribution in [0.1, 0.15) is 65.5 Å². The summed E-state index contributed by atoms with van der Waals surface area (Å²) in [5, 5.41) is 9.36. The average Bonchev–Trinajstić information content (AvgIpc) is 3.86. The number of piperidine rings is 1. The number of anilines is 2. The number of carbonyl (C=O) groups is 2. The molecule has 2 aliphatic rings. The fourth-order valence-electron chi connectivity index (χ4n) is 6.02. The second-order valence-electron chi connectivity index (χ2n) is 12.0. The van der Waals surface area contributed by atoms with Crippen LogP contribution >= 0.6 is 0 Å². The monoisotopic (exact) mass is 641 g/mol. The molecule has 5 rings (SSSR count). The topological polar surface area (TPSA) is 118 Å². The largest absolute Gasteiger partial charge is 0.497 e. The minimum absolute atomic E-state index is 0.0553. The first-order chi connectivity index (χ1) is 21.9. The summed E-state index contributed by atoms with van der Waals surface area (Å²) in [6, 6.07) is 9.79. The van der Waals surface area contributed by atoms with E-state index >= 15 is 0 Å². The highest BCUT2D eigenvalue weighted by Crippen LogP contribution is 2.45. The summed E-state index contributed by atoms with van der Waals surface area (Å²) in [5.74, 6) is -0.0684. The molecule has 1 atom stereocenters. The number of carbonyl (C=O) groups excluding carboxylic acids is 1. The Morgan fingerprint density at radius 2 is 1.80 bits per heavy atom. The Morgan fingerprint density at radius 1 is 1.07 bits per heavy atom. The van der Waals surface area contributed by atoms with Gasteiger partial charge >= 0.3 is 12.1 Å². The molecule has 1 saturated heterocycles. The van der Waals surface area contributed by atoms with Crippen molar-refractivity contribution in [1.29, 1.82) is 0 Å². The van der Waals surface area contributed by atoms with Crippen LogP contribution in [0.5, 0.6) is 11.6 Å². The van der Waals surface area contributed by atoms with Crippen LogP contribution in [0.25, 0.3) is 0 Å². The Labute approximate surface area is 265 Å². The Hall–Kier alpha value is -4.42. The second-order valence-corrected chi connectivity index (χ2v) is 12.0. The maximum absolute atomic E-state index is 13.9. The van der Waals surface area contributed by atoms with Gasteiger partial charge in [-0.2, -0.15) is 13.2 Å². The number of carboxylic acids is 1. The number of hydrogen-bond acceptors (Lipinski definition) is 8. The van der Waals surface area contributed by atoms with Gasteiger partial charge in [-0.05, 0) is 81.0 Å². The van der Waals surface area contributed by atoms with Crippen molar-refractivity contribution in [2.24, 2.45) is 11.8 Å². The number of aliphatic carboxylic acids is 1. The van der Waals surface area contributed by atoms with Crippen molar-refractivity contribution in [3.8, 4) is 11.6 Å². The van der Waals surface area contributed by atoms with Gasteiger partial charge in [0.1, 0.15) is 23.9 Å². The third-order valence-electron chi connectivity index (χ3n) is 8.44. The summed E-state index contributed by atoms with van der Waals surface area (Å²) in [5.41, 5.74) is 1.97. The smallest absolute Gasteiger partial charge is 0.406 e. The van der Waals surface area contributed by atoms with Gasteiger partial charge in [-0.25, -0.2) is 15.0 Å². The zero-order valence-electron chi connectivity index (χ0n) is 26.1. The second kappa shape index (κ2) is 13.9. The van der Waals surface area contributed by atoms with Crippen LogP contribution in [0.3, 0.4) is 0 Å². The third kappa shape index (κ3) is 8.43. The number of rotatable bonds is 12. The van der Waals surface area contributed by atoms with Gasteiger partial charge in [0.25, 0.3) is 5.91 Å². The standard InChI is InChI=1S/C33H38F3N5O5/c1-20-14-29(39-21(2)38-20)41(19-33(34,35)36)32(44)26-7-6-25(45-3)16-28(26)40-12-9-22(10-13-40)18-46-30-15-24(8-11-37-30)27(17-31(42)43)23-4-5-23/h6-8,11,14-16,22-23,27H,4-5,9-10,12-13,17-19H2,1-3H3,(H,42,43). The predicted octanol–water partition coefficient (Wildman–Crippen LogP) is 5.97. The lowest BCUT2D eigenvalue weighted by atomic mass is 9.92. The Kier molecular flexibility index (Phi) is 9.97. The molecule has 2 aromatic heterocycles. The molecule has 2 fully saturated rings. The van der Waals surface area contributed by atoms with Gasteiger partial charge in [-0.15, -0.1) is 0 Å². The first kappa shape index (κ1) is 33.0. The van der Waals surface area contributed by atoms with Crippen molar-refractivity contribution in [2.45, 2.75) is 58.0 Å². The molecule has 246 valence electrons. The zero-order valence-corrected chi connectivity index (χ0v) is 26.1. The lowest BCUT2D eigenvalue weighted by Crippen LogP contribution is -2.41. The molecule has 3 aromatic rings. The molecule has 0 spiro atoms. The van der Waals surface area contributed by atoms with Crippen molar-refractivity contribution in [1.82, 2.24) is 15.0 Å². The van der Waals surface area contributed by atoms with Gasteiger partial charge < -0.3 is 19.5 Å². The minimum atomic E-state index is -4.66. The fraction of sp³-hybridized carbons (Fsp3) is 0.485. The van der Waals surface area contributed by atoms with E-state index in [1.54, 1.807) is 32.2 Å². The van der Waals surface area contributed by atoms with Crippen LogP contribution in [0.4, 0.5) is 24.7 Å². The van der Waals surface area contributed by atoms with E-state index in [9.17, 15) is 27.9 Å². The number of benzene rings is 1. The van der Waals surface area contributed by atoms with E-state index in [-0.39, 0.29) is 35.5 Å². The SMILES string of the molecule is COc1ccc(C(=O)N(CC(F)(F)F)c2cc(C)nc(C)n2)c(N2CCC(COc3cc(C(CC(=O)O)C4CC4)ccn3)CC2)c1. The summed E-state index contributed by atoms with van der Waals surface area (Å²) in [6.45, 7) is 3.20. The maximum Gasteiger partial charge on any atom is 0.406 e. The van der Waals surface area contributed by atoms with E-state index in [1.807, 2.05) is 17.0 Å². The minimum Gasteiger partial charge on any atom is -0.497 e. The highest BCUT2D eigenvalue weighted by atomic mass is 19.4. The molecule has 0 radical (unpaired) electrons. The average molecular weight is 642 g/mol. The van der Waals surface area contributed by atoms with Crippen molar-refractivity contribution >= 4 is 23.4 Å². The first-order valence-electron chi connectivity index (χ1n) is 15.3. The zero-order chi connectivity index (χ0) is 33.0. The molecule has 1 aliphatic heterocycles. The lowest BCUT2D eigenvalue weighted by molar-refractivity contribution is -0.137. The highest BCUT2D eigenvalue weighted by molar-refractivity contribution is 6.09. The molecule has 1 aromatic carbocycles. The van der Waals surface area contributed by atoms with Gasteiger partial charge in [0.15, 0.2) is 0 Å². The summed E-state index contributed by atoms with van der Waals surface area (Å²) >= 11 is 0. The van der Waals surface area contributed by atoms with Crippen molar-refractivity contribution in [2.75, 3.05) is 43.2 Å². The number of nitrogens with zero attached hydrogens (tertiary/aromatic N) is 5. The van der Waals surface area contributed by atoms with Crippen molar-refractivity contribution in [3.05, 3.63) is 65.2 Å². The Morgan fingerprint density at radius 3 is 2.43 bits per heavy atom. The molecule has 46 heavy (non-hydrogen) atoms. The molecule has 3 heterocycles. The number of carboxylic acid groups (broad SMARTS) is 1. The van der Waals surface area contributed by atoms with Gasteiger partial charge in [0.2, 0.25) is 5.88 Å². The van der Waals surface area contributed by atoms with Crippen LogP contribution < -0.4 is 19.3 Å². The molecule has 10 nitrogen and oxygen atoms in total. The summed E-state index contributed by atoms with van der Waals surface area (Å²) in [7, 11) is 1.49. The van der Waals surface area contributed by atoms with Gasteiger partial charge in [0.05, 0.1) is 31.4 Å². The van der Waals surface area contributed by atoms with Crippen LogP contribution in [-0.2, 0) is 4.79 Å². The van der Waals surface area contributed by atoms with E-state index in [0.717, 1.165) is 18.4 Å². The molecular weight excluding hydrogens is 603 g/mol. The number of methoxy groups -OCH3 is 1. The number of hydrogen-bond donors (Lipinski definition) is 1. The van der Waals surface area contributed by atoms with E-state index in [2.05, 4.69) is 15.0 Å². The van der Waals surface area contributed by atoms with Crippen LogP contribution in [-0.4, -0.2) is 71.5 Å². The number of aromatic nitrogens is 3. The van der Waals surface area contributed by atoms with Gasteiger partial charge in [0, 0.05) is 43.2 Å². The molecule has 13 heteroatoms. The van der Waals surface area contributed by atoms with Crippen LogP contribution in [0.15, 0.2) is 42.6 Å². The molecule has 1 saturated carbocycles.